The lowest BCUT2D eigenvalue weighted by Gasteiger charge is -2.23. The van der Waals surface area contributed by atoms with Gasteiger partial charge in [0.05, 0.1) is 18.4 Å². The number of nitriles is 1. The number of benzene rings is 1. The molecule has 1 rings (SSSR count). The Kier molecular flexibility index (Phi) is 4.71. The monoisotopic (exact) mass is 250 g/mol. The van der Waals surface area contributed by atoms with Gasteiger partial charge in [-0.15, -0.1) is 0 Å². The first-order valence-corrected chi connectivity index (χ1v) is 6.62. The normalized spacial score (nSPS) is 10.8. The first kappa shape index (κ1) is 13.7. The lowest BCUT2D eigenvalue weighted by Crippen LogP contribution is -2.26. The number of methoxy groups -OCH3 is 1. The highest BCUT2D eigenvalue weighted by Crippen LogP contribution is 2.25. The van der Waals surface area contributed by atoms with Gasteiger partial charge in [-0.3, -0.25) is 0 Å². The molecule has 0 radical (unpaired) electrons. The van der Waals surface area contributed by atoms with E-state index in [4.69, 9.17) is 10.00 Å². The van der Waals surface area contributed by atoms with Crippen molar-refractivity contribution in [3.8, 4) is 11.8 Å². The molecule has 1 N–H and O–H groups in total. The van der Waals surface area contributed by atoms with E-state index in [0.717, 1.165) is 18.0 Å². The van der Waals surface area contributed by atoms with Crippen LogP contribution in [0.25, 0.3) is 0 Å². The molecule has 0 saturated carbocycles. The van der Waals surface area contributed by atoms with Crippen LogP contribution in [0.3, 0.4) is 0 Å². The Hall–Kier alpha value is -1.34. The minimum atomic E-state index is 0.135. The minimum absolute atomic E-state index is 0.135. The van der Waals surface area contributed by atoms with E-state index >= 15 is 0 Å². The first-order valence-electron chi connectivity index (χ1n) is 5.39. The Morgan fingerprint density at radius 3 is 2.71 bits per heavy atom. The number of thioether (sulfide) groups is 1. The molecule has 92 valence electrons. The summed E-state index contributed by atoms with van der Waals surface area (Å²) in [6.45, 7) is 5.13. The fourth-order valence-corrected chi connectivity index (χ4v) is 1.49. The summed E-state index contributed by atoms with van der Waals surface area (Å²) in [7, 11) is 1.62. The fourth-order valence-electron chi connectivity index (χ4n) is 1.27. The number of nitrogens with zero attached hydrogens (tertiary/aromatic N) is 1. The van der Waals surface area contributed by atoms with Crippen molar-refractivity contribution in [2.45, 2.75) is 18.6 Å². The van der Waals surface area contributed by atoms with E-state index in [1.807, 2.05) is 6.07 Å². The van der Waals surface area contributed by atoms with E-state index in [1.165, 1.54) is 0 Å². The summed E-state index contributed by atoms with van der Waals surface area (Å²) < 4.78 is 5.29. The number of ether oxygens (including phenoxy) is 1. The van der Waals surface area contributed by atoms with Crippen LogP contribution >= 0.6 is 11.8 Å². The summed E-state index contributed by atoms with van der Waals surface area (Å²) in [6.07, 6.45) is 2.08. The van der Waals surface area contributed by atoms with Gasteiger partial charge in [0.15, 0.2) is 0 Å². The average molecular weight is 250 g/mol. The molecule has 0 amide bonds. The van der Waals surface area contributed by atoms with Crippen molar-refractivity contribution in [2.24, 2.45) is 0 Å². The van der Waals surface area contributed by atoms with Crippen LogP contribution < -0.4 is 10.1 Å². The van der Waals surface area contributed by atoms with Crippen LogP contribution in [0.4, 0.5) is 5.69 Å². The second kappa shape index (κ2) is 5.83. The maximum Gasteiger partial charge on any atom is 0.121 e. The molecule has 0 heterocycles. The Labute approximate surface area is 107 Å². The second-order valence-corrected chi connectivity index (χ2v) is 5.85. The minimum Gasteiger partial charge on any atom is -0.497 e. The molecule has 3 nitrogen and oxygen atoms in total. The molecule has 0 atom stereocenters. The summed E-state index contributed by atoms with van der Waals surface area (Å²) in [6, 6.07) is 7.60. The van der Waals surface area contributed by atoms with Crippen molar-refractivity contribution >= 4 is 17.4 Å². The van der Waals surface area contributed by atoms with Gasteiger partial charge in [0.1, 0.15) is 11.8 Å². The van der Waals surface area contributed by atoms with Gasteiger partial charge in [-0.2, -0.15) is 17.0 Å². The van der Waals surface area contributed by atoms with Crippen molar-refractivity contribution in [1.29, 1.82) is 5.26 Å². The van der Waals surface area contributed by atoms with Crippen molar-refractivity contribution < 1.29 is 4.74 Å². The topological polar surface area (TPSA) is 45.0 Å². The molecule has 0 fully saturated rings. The molecule has 4 heteroatoms. The van der Waals surface area contributed by atoms with E-state index in [0.29, 0.717) is 5.56 Å². The van der Waals surface area contributed by atoms with E-state index in [1.54, 1.807) is 31.0 Å². The molecule has 1 aromatic carbocycles. The summed E-state index contributed by atoms with van der Waals surface area (Å²) >= 11 is 1.79. The third-order valence-corrected chi connectivity index (χ3v) is 3.85. The Morgan fingerprint density at radius 1 is 1.47 bits per heavy atom. The molecular formula is C13H18N2OS. The van der Waals surface area contributed by atoms with Gasteiger partial charge in [0, 0.05) is 17.4 Å². The lowest BCUT2D eigenvalue weighted by atomic mass is 10.1. The first-order chi connectivity index (χ1) is 8.02. The zero-order chi connectivity index (χ0) is 12.9. The third kappa shape index (κ3) is 3.86. The second-order valence-electron chi connectivity index (χ2n) is 4.34. The summed E-state index contributed by atoms with van der Waals surface area (Å²) in [5, 5.41) is 12.3. The molecule has 0 aliphatic heterocycles. The van der Waals surface area contributed by atoms with Gasteiger partial charge < -0.3 is 10.1 Å². The van der Waals surface area contributed by atoms with E-state index < -0.39 is 0 Å². The molecule has 0 aromatic heterocycles. The maximum atomic E-state index is 9.03. The van der Waals surface area contributed by atoms with Gasteiger partial charge in [-0.1, -0.05) is 0 Å². The van der Waals surface area contributed by atoms with Gasteiger partial charge in [0.25, 0.3) is 0 Å². The fraction of sp³-hybridized carbons (Fsp3) is 0.462. The molecule has 0 aliphatic carbocycles. The number of nitrogens with one attached hydrogen (secondary N) is 1. The zero-order valence-corrected chi connectivity index (χ0v) is 11.5. The van der Waals surface area contributed by atoms with Crippen molar-refractivity contribution in [3.63, 3.8) is 0 Å². The molecule has 17 heavy (non-hydrogen) atoms. The highest BCUT2D eigenvalue weighted by molar-refractivity contribution is 7.99. The van der Waals surface area contributed by atoms with Gasteiger partial charge in [0.2, 0.25) is 0 Å². The molecule has 1 aromatic rings. The largest absolute Gasteiger partial charge is 0.497 e. The molecule has 0 aliphatic rings. The average Bonchev–Trinajstić information content (AvgIpc) is 2.36. The molecule has 0 bridgehead atoms. The number of anilines is 1. The van der Waals surface area contributed by atoms with Gasteiger partial charge in [-0.05, 0) is 32.2 Å². The van der Waals surface area contributed by atoms with Crippen LogP contribution in [0.1, 0.15) is 19.4 Å². The molecule has 0 spiro atoms. The van der Waals surface area contributed by atoms with E-state index in [2.05, 4.69) is 31.5 Å². The van der Waals surface area contributed by atoms with Crippen LogP contribution in [-0.4, -0.2) is 24.7 Å². The van der Waals surface area contributed by atoms with Gasteiger partial charge in [-0.25, -0.2) is 0 Å². The van der Waals surface area contributed by atoms with Crippen molar-refractivity contribution in [3.05, 3.63) is 23.8 Å². The standard InChI is InChI=1S/C13H18N2OS/c1-13(2,17-4)9-15-12-7-11(16-3)6-5-10(12)8-14/h5-7,15H,9H2,1-4H3. The predicted octanol–water partition coefficient (Wildman–Crippen LogP) is 3.12. The smallest absolute Gasteiger partial charge is 0.121 e. The van der Waals surface area contributed by atoms with Crippen LogP contribution in [0.2, 0.25) is 0 Å². The summed E-state index contributed by atoms with van der Waals surface area (Å²) in [4.78, 5) is 0. The lowest BCUT2D eigenvalue weighted by molar-refractivity contribution is 0.415. The van der Waals surface area contributed by atoms with Gasteiger partial charge >= 0.3 is 0 Å². The molecule has 0 saturated heterocycles. The van der Waals surface area contributed by atoms with Crippen molar-refractivity contribution in [2.75, 3.05) is 25.2 Å². The zero-order valence-electron chi connectivity index (χ0n) is 10.7. The highest BCUT2D eigenvalue weighted by atomic mass is 32.2. The van der Waals surface area contributed by atoms with E-state index in [-0.39, 0.29) is 4.75 Å². The third-order valence-electron chi connectivity index (χ3n) is 2.60. The Morgan fingerprint density at radius 2 is 2.18 bits per heavy atom. The molecular weight excluding hydrogens is 232 g/mol. The summed E-state index contributed by atoms with van der Waals surface area (Å²) in [5.41, 5.74) is 1.47. The van der Waals surface area contributed by atoms with Crippen LogP contribution in [-0.2, 0) is 0 Å². The molecule has 0 unspecified atom stereocenters. The van der Waals surface area contributed by atoms with Crippen LogP contribution in [0.15, 0.2) is 18.2 Å². The SMILES string of the molecule is COc1ccc(C#N)c(NCC(C)(C)SC)c1. The van der Waals surface area contributed by atoms with Crippen LogP contribution in [0, 0.1) is 11.3 Å². The number of hydrogen-bond donors (Lipinski definition) is 1. The predicted molar refractivity (Wildman–Crippen MR) is 73.8 cm³/mol. The Bertz CT molecular complexity index is 424. The highest BCUT2D eigenvalue weighted by Gasteiger charge is 2.16. The van der Waals surface area contributed by atoms with Crippen LogP contribution in [0.5, 0.6) is 5.75 Å². The quantitative estimate of drug-likeness (QED) is 0.872. The summed E-state index contributed by atoms with van der Waals surface area (Å²) in [5.74, 6) is 0.758. The van der Waals surface area contributed by atoms with Crippen molar-refractivity contribution in [1.82, 2.24) is 0 Å². The maximum absolute atomic E-state index is 9.03. The number of hydrogen-bond acceptors (Lipinski definition) is 4. The van der Waals surface area contributed by atoms with E-state index in [9.17, 15) is 0 Å². The Balaban J connectivity index is 2.86. The number of rotatable bonds is 5.